The number of hydrogen-bond donors (Lipinski definition) is 0. The largest absolute Gasteiger partial charge is 0.494 e. The third-order valence-electron chi connectivity index (χ3n) is 4.10. The van der Waals surface area contributed by atoms with Gasteiger partial charge in [0.2, 0.25) is 0 Å². The van der Waals surface area contributed by atoms with Crippen LogP contribution < -0.4 is 10.3 Å². The standard InChI is InChI=1S/C20H16FN3O4/c1-27-17-7-6-13(10-15(17)21)11-19(25)28-12-18-23-16-5-3-2-4-14(16)20(26)24(18)9-8-22/h2-7,10H,9,11-12H2,1H3. The van der Waals surface area contributed by atoms with Crippen molar-refractivity contribution < 1.29 is 18.7 Å². The lowest BCUT2D eigenvalue weighted by Gasteiger charge is -2.11. The SMILES string of the molecule is COc1ccc(CC(=O)OCc2nc3ccccc3c(=O)n2CC#N)cc1F. The highest BCUT2D eigenvalue weighted by Crippen LogP contribution is 2.18. The summed E-state index contributed by atoms with van der Waals surface area (Å²) in [7, 11) is 1.35. The highest BCUT2D eigenvalue weighted by molar-refractivity contribution is 5.77. The Labute approximate surface area is 159 Å². The Bertz CT molecular complexity index is 1130. The van der Waals surface area contributed by atoms with Crippen LogP contribution in [0.2, 0.25) is 0 Å². The molecule has 0 aliphatic carbocycles. The number of esters is 1. The van der Waals surface area contributed by atoms with E-state index in [4.69, 9.17) is 14.7 Å². The van der Waals surface area contributed by atoms with Gasteiger partial charge in [-0.05, 0) is 29.8 Å². The number of aromatic nitrogens is 2. The van der Waals surface area contributed by atoms with Crippen LogP contribution in [0.25, 0.3) is 10.9 Å². The van der Waals surface area contributed by atoms with E-state index in [1.165, 1.54) is 23.8 Å². The van der Waals surface area contributed by atoms with Crippen molar-refractivity contribution in [3.05, 3.63) is 70.0 Å². The molecule has 0 radical (unpaired) electrons. The van der Waals surface area contributed by atoms with Gasteiger partial charge >= 0.3 is 5.97 Å². The maximum atomic E-state index is 13.7. The molecule has 0 saturated heterocycles. The molecule has 142 valence electrons. The molecule has 0 aliphatic rings. The van der Waals surface area contributed by atoms with Crippen LogP contribution in [-0.4, -0.2) is 22.6 Å². The number of para-hydroxylation sites is 1. The third-order valence-corrected chi connectivity index (χ3v) is 4.10. The second-order valence-electron chi connectivity index (χ2n) is 5.90. The van der Waals surface area contributed by atoms with Crippen molar-refractivity contribution in [3.63, 3.8) is 0 Å². The molecule has 0 N–H and O–H groups in total. The van der Waals surface area contributed by atoms with Gasteiger partial charge in [0.25, 0.3) is 5.56 Å². The van der Waals surface area contributed by atoms with Crippen LogP contribution in [0.5, 0.6) is 5.75 Å². The smallest absolute Gasteiger partial charge is 0.310 e. The number of ether oxygens (including phenoxy) is 2. The Hall–Kier alpha value is -3.73. The van der Waals surface area contributed by atoms with Gasteiger partial charge in [0.05, 0.1) is 30.5 Å². The Morgan fingerprint density at radius 3 is 2.79 bits per heavy atom. The number of methoxy groups -OCH3 is 1. The number of rotatable bonds is 6. The van der Waals surface area contributed by atoms with Crippen LogP contribution in [0.3, 0.4) is 0 Å². The van der Waals surface area contributed by atoms with Gasteiger partial charge in [-0.3, -0.25) is 14.2 Å². The average molecular weight is 381 g/mol. The molecule has 3 aromatic rings. The minimum Gasteiger partial charge on any atom is -0.494 e. The van der Waals surface area contributed by atoms with E-state index in [-0.39, 0.29) is 36.7 Å². The zero-order valence-corrected chi connectivity index (χ0v) is 15.0. The minimum absolute atomic E-state index is 0.0815. The highest BCUT2D eigenvalue weighted by atomic mass is 19.1. The first-order valence-corrected chi connectivity index (χ1v) is 8.37. The summed E-state index contributed by atoms with van der Waals surface area (Å²) < 4.78 is 24.9. The maximum absolute atomic E-state index is 13.7. The molecule has 0 atom stereocenters. The van der Waals surface area contributed by atoms with E-state index in [0.29, 0.717) is 16.5 Å². The molecule has 28 heavy (non-hydrogen) atoms. The first kappa shape index (κ1) is 19.0. The van der Waals surface area contributed by atoms with Gasteiger partial charge in [0.15, 0.2) is 17.4 Å². The molecule has 0 aliphatic heterocycles. The molecule has 8 heteroatoms. The number of benzene rings is 2. The monoisotopic (exact) mass is 381 g/mol. The first-order valence-electron chi connectivity index (χ1n) is 8.37. The molecule has 1 heterocycles. The lowest BCUT2D eigenvalue weighted by atomic mass is 10.1. The predicted molar refractivity (Wildman–Crippen MR) is 98.1 cm³/mol. The van der Waals surface area contributed by atoms with Crippen LogP contribution >= 0.6 is 0 Å². The topological polar surface area (TPSA) is 94.2 Å². The number of carbonyl (C=O) groups is 1. The van der Waals surface area contributed by atoms with E-state index >= 15 is 0 Å². The summed E-state index contributed by atoms with van der Waals surface area (Å²) in [6.45, 7) is -0.494. The Kier molecular flexibility index (Phi) is 5.65. The van der Waals surface area contributed by atoms with E-state index in [0.717, 1.165) is 0 Å². The van der Waals surface area contributed by atoms with Gasteiger partial charge in [-0.25, -0.2) is 9.37 Å². The molecule has 0 saturated carbocycles. The minimum atomic E-state index is -0.615. The fourth-order valence-electron chi connectivity index (χ4n) is 2.74. The second-order valence-corrected chi connectivity index (χ2v) is 5.90. The van der Waals surface area contributed by atoms with Gasteiger partial charge < -0.3 is 9.47 Å². The Morgan fingerprint density at radius 1 is 1.29 bits per heavy atom. The second kappa shape index (κ2) is 8.31. The summed E-state index contributed by atoms with van der Waals surface area (Å²) >= 11 is 0. The van der Waals surface area contributed by atoms with E-state index in [1.807, 2.05) is 6.07 Å². The van der Waals surface area contributed by atoms with Crippen molar-refractivity contribution in [2.45, 2.75) is 19.6 Å². The zero-order chi connectivity index (χ0) is 20.1. The lowest BCUT2D eigenvalue weighted by molar-refractivity contribution is -0.144. The van der Waals surface area contributed by atoms with Gasteiger partial charge in [-0.15, -0.1) is 0 Å². The zero-order valence-electron chi connectivity index (χ0n) is 15.0. The summed E-state index contributed by atoms with van der Waals surface area (Å²) in [5.74, 6) is -0.945. The summed E-state index contributed by atoms with van der Waals surface area (Å²) in [5, 5.41) is 9.37. The van der Waals surface area contributed by atoms with Gasteiger partial charge in [0, 0.05) is 0 Å². The molecule has 0 bridgehead atoms. The van der Waals surface area contributed by atoms with Crippen LogP contribution in [0, 0.1) is 17.1 Å². The van der Waals surface area contributed by atoms with Crippen molar-refractivity contribution in [3.8, 4) is 11.8 Å². The summed E-state index contributed by atoms with van der Waals surface area (Å²) in [4.78, 5) is 29.0. The van der Waals surface area contributed by atoms with Crippen LogP contribution in [0.4, 0.5) is 4.39 Å². The van der Waals surface area contributed by atoms with Crippen molar-refractivity contribution in [1.29, 1.82) is 5.26 Å². The predicted octanol–water partition coefficient (Wildman–Crippen LogP) is 2.35. The molecular formula is C20H16FN3O4. The molecule has 0 unspecified atom stereocenters. The van der Waals surface area contributed by atoms with E-state index < -0.39 is 11.8 Å². The number of halogens is 1. The Morgan fingerprint density at radius 2 is 2.07 bits per heavy atom. The van der Waals surface area contributed by atoms with Gasteiger partial charge in [-0.2, -0.15) is 5.26 Å². The number of hydrogen-bond acceptors (Lipinski definition) is 6. The first-order chi connectivity index (χ1) is 13.5. The molecule has 7 nitrogen and oxygen atoms in total. The average Bonchev–Trinajstić information content (AvgIpc) is 2.69. The molecule has 1 aromatic heterocycles. The van der Waals surface area contributed by atoms with E-state index in [1.54, 1.807) is 30.3 Å². The van der Waals surface area contributed by atoms with Crippen LogP contribution in [0.15, 0.2) is 47.3 Å². The van der Waals surface area contributed by atoms with Crippen molar-refractivity contribution >= 4 is 16.9 Å². The summed E-state index contributed by atoms with van der Waals surface area (Å²) in [5.41, 5.74) is 0.490. The lowest BCUT2D eigenvalue weighted by Crippen LogP contribution is -2.26. The molecular weight excluding hydrogens is 365 g/mol. The van der Waals surface area contributed by atoms with Gasteiger partial charge in [-0.1, -0.05) is 18.2 Å². The van der Waals surface area contributed by atoms with Crippen molar-refractivity contribution in [2.24, 2.45) is 0 Å². The molecule has 3 rings (SSSR count). The van der Waals surface area contributed by atoms with Crippen molar-refractivity contribution in [2.75, 3.05) is 7.11 Å². The number of nitriles is 1. The van der Waals surface area contributed by atoms with E-state index in [9.17, 15) is 14.0 Å². The normalized spacial score (nSPS) is 10.5. The number of carbonyl (C=O) groups excluding carboxylic acids is 1. The number of nitrogens with zero attached hydrogens (tertiary/aromatic N) is 3. The Balaban J connectivity index is 1.78. The number of fused-ring (bicyclic) bond motifs is 1. The third kappa shape index (κ3) is 3.99. The molecule has 0 fully saturated rings. The van der Waals surface area contributed by atoms with Gasteiger partial charge in [0.1, 0.15) is 13.2 Å². The fourth-order valence-corrected chi connectivity index (χ4v) is 2.74. The van der Waals surface area contributed by atoms with E-state index in [2.05, 4.69) is 4.98 Å². The molecule has 0 amide bonds. The van der Waals surface area contributed by atoms with Crippen LogP contribution in [-0.2, 0) is 29.1 Å². The summed E-state index contributed by atoms with van der Waals surface area (Å²) in [6.07, 6.45) is -0.156. The fraction of sp³-hybridized carbons (Fsp3) is 0.200. The molecule has 0 spiro atoms. The quantitative estimate of drug-likeness (QED) is 0.609. The highest BCUT2D eigenvalue weighted by Gasteiger charge is 2.14. The van der Waals surface area contributed by atoms with Crippen LogP contribution in [0.1, 0.15) is 11.4 Å². The maximum Gasteiger partial charge on any atom is 0.310 e. The summed E-state index contributed by atoms with van der Waals surface area (Å²) in [6, 6.07) is 12.8. The van der Waals surface area contributed by atoms with Crippen molar-refractivity contribution in [1.82, 2.24) is 9.55 Å². The molecule has 2 aromatic carbocycles.